The molecule has 1 nitrogen and oxygen atoms in total. The van der Waals surface area contributed by atoms with Crippen molar-refractivity contribution in [1.29, 1.82) is 0 Å². The second kappa shape index (κ2) is 7.52. The van der Waals surface area contributed by atoms with Gasteiger partial charge in [-0.1, -0.05) is 12.1 Å². The number of ether oxygens (including phenoxy) is 1. The van der Waals surface area contributed by atoms with E-state index in [1.54, 1.807) is 13.2 Å². The summed E-state index contributed by atoms with van der Waals surface area (Å²) in [6.07, 6.45) is 0. The molecule has 3 heteroatoms. The molecule has 63 valence electrons. The van der Waals surface area contributed by atoms with Gasteiger partial charge in [0.2, 0.25) is 0 Å². The van der Waals surface area contributed by atoms with Gasteiger partial charge in [-0.15, -0.1) is 0 Å². The summed E-state index contributed by atoms with van der Waals surface area (Å²) < 4.78 is 4.88. The zero-order chi connectivity index (χ0) is 5.82. The fourth-order valence-corrected chi connectivity index (χ4v) is 0.504. The third kappa shape index (κ3) is 4.26. The molecular weight excluding hydrogens is 333 g/mol. The van der Waals surface area contributed by atoms with Crippen LogP contribution in [0.4, 0.5) is 0 Å². The first-order chi connectivity index (χ1) is 3.93. The first-order valence-corrected chi connectivity index (χ1v) is 2.43. The van der Waals surface area contributed by atoms with Gasteiger partial charge < -0.3 is 28.7 Å². The minimum Gasteiger partial charge on any atom is -1.00 e. The van der Waals surface area contributed by atoms with Crippen molar-refractivity contribution in [2.45, 2.75) is 0 Å². The molecule has 0 heterocycles. The van der Waals surface area contributed by atoms with Crippen LogP contribution in [0.2, 0.25) is 0 Å². The van der Waals surface area contributed by atoms with Crippen molar-refractivity contribution in [3.63, 3.8) is 0 Å². The molecule has 1 radical (unpaired) electrons. The molecule has 0 aliphatic rings. The second-order valence-electron chi connectivity index (χ2n) is 1.44. The number of hydrogen-bond acceptors (Lipinski definition) is 1. The zero-order valence-corrected chi connectivity index (χ0v) is 9.12. The van der Waals surface area contributed by atoms with Gasteiger partial charge in [-0.05, 0) is 18.2 Å². The minimum absolute atomic E-state index is 0. The van der Waals surface area contributed by atoms with Gasteiger partial charge in [-0.3, -0.25) is 0 Å². The van der Waals surface area contributed by atoms with Crippen LogP contribution in [0, 0.1) is 6.07 Å². The van der Waals surface area contributed by atoms with Crippen LogP contribution in [0.5, 0.6) is 5.75 Å². The van der Waals surface area contributed by atoms with E-state index in [1.807, 2.05) is 18.2 Å². The van der Waals surface area contributed by atoms with Gasteiger partial charge in [0.15, 0.2) is 0 Å². The number of hydrogen-bond donors (Lipinski definition) is 0. The van der Waals surface area contributed by atoms with E-state index in [0.29, 0.717) is 0 Å². The van der Waals surface area contributed by atoms with Gasteiger partial charge in [0, 0.05) is 23.3 Å². The van der Waals surface area contributed by atoms with E-state index in [1.165, 1.54) is 0 Å². The second-order valence-corrected chi connectivity index (χ2v) is 1.44. The van der Waals surface area contributed by atoms with Crippen LogP contribution in [0.25, 0.3) is 0 Å². The summed E-state index contributed by atoms with van der Waals surface area (Å²) in [5.74, 6) is 0.854. The number of halogens is 1. The molecule has 1 aromatic rings. The average molecular weight is 344 g/mol. The summed E-state index contributed by atoms with van der Waals surface area (Å²) in [7, 11) is 1.64. The van der Waals surface area contributed by atoms with E-state index in [-0.39, 0.29) is 47.3 Å². The normalized spacial score (nSPS) is 6.90. The molecule has 0 unspecified atom stereocenters. The Labute approximate surface area is 94.8 Å². The van der Waals surface area contributed by atoms with E-state index in [9.17, 15) is 0 Å². The van der Waals surface area contributed by atoms with Gasteiger partial charge in [-0.2, -0.15) is 0 Å². The third-order valence-corrected chi connectivity index (χ3v) is 0.914. The van der Waals surface area contributed by atoms with Crippen molar-refractivity contribution >= 4 is 0 Å². The van der Waals surface area contributed by atoms with Crippen LogP contribution in [0.15, 0.2) is 24.3 Å². The fraction of sp³-hybridized carbons (Fsp3) is 0.143. The first-order valence-electron chi connectivity index (χ1n) is 2.43. The summed E-state index contributed by atoms with van der Waals surface area (Å²) in [4.78, 5) is 0. The first kappa shape index (κ1) is 13.0. The van der Waals surface area contributed by atoms with Crippen LogP contribution in [0.3, 0.4) is 0 Å². The van der Waals surface area contributed by atoms with Crippen molar-refractivity contribution in [2.75, 3.05) is 7.11 Å². The maximum absolute atomic E-state index is 4.88. The molecule has 0 aliphatic heterocycles. The van der Waals surface area contributed by atoms with Gasteiger partial charge in [-0.25, -0.2) is 0 Å². The van der Waals surface area contributed by atoms with E-state index >= 15 is 0 Å². The smallest absolute Gasteiger partial charge is 0.119 e. The van der Waals surface area contributed by atoms with Crippen LogP contribution < -0.4 is 28.7 Å². The number of benzene rings is 1. The van der Waals surface area contributed by atoms with Crippen molar-refractivity contribution in [1.82, 2.24) is 0 Å². The van der Waals surface area contributed by atoms with Crippen LogP contribution in [0.1, 0.15) is 2.85 Å². The summed E-state index contributed by atoms with van der Waals surface area (Å²) in [5.41, 5.74) is 0. The molecule has 0 spiro atoms. The molecule has 0 aromatic heterocycles. The molecular formula is C7H11IOPd-. The van der Waals surface area contributed by atoms with Crippen LogP contribution in [-0.2, 0) is 20.4 Å². The summed E-state index contributed by atoms with van der Waals surface area (Å²) in [6, 6.07) is 10.3. The SMILES string of the molecule is COc1c[c]ccc1.[HH].[HH].[I-].[Pd]. The number of methoxy groups -OCH3 is 1. The summed E-state index contributed by atoms with van der Waals surface area (Å²) in [6.45, 7) is 0. The van der Waals surface area contributed by atoms with Crippen molar-refractivity contribution < 1.29 is 52.0 Å². The molecule has 10 heavy (non-hydrogen) atoms. The Kier molecular flexibility index (Phi) is 9.80. The van der Waals surface area contributed by atoms with E-state index in [4.69, 9.17) is 4.74 Å². The topological polar surface area (TPSA) is 9.23 Å². The molecule has 1 rings (SSSR count). The maximum Gasteiger partial charge on any atom is 0.119 e. The van der Waals surface area contributed by atoms with Crippen molar-refractivity contribution in [2.24, 2.45) is 0 Å². The Balaban J connectivity index is -0.0000000800. The Bertz CT molecular complexity index is 163. The van der Waals surface area contributed by atoms with Crippen molar-refractivity contribution in [3.05, 3.63) is 30.3 Å². The zero-order valence-electron chi connectivity index (χ0n) is 5.41. The van der Waals surface area contributed by atoms with E-state index in [0.717, 1.165) is 5.75 Å². The molecule has 0 atom stereocenters. The van der Waals surface area contributed by atoms with Crippen LogP contribution >= 0.6 is 0 Å². The maximum atomic E-state index is 4.88. The molecule has 0 aliphatic carbocycles. The third-order valence-electron chi connectivity index (χ3n) is 0.914. The molecule has 0 saturated heterocycles. The number of rotatable bonds is 1. The molecule has 0 bridgehead atoms. The van der Waals surface area contributed by atoms with Gasteiger partial charge >= 0.3 is 0 Å². The Morgan fingerprint density at radius 3 is 2.60 bits per heavy atom. The van der Waals surface area contributed by atoms with E-state index in [2.05, 4.69) is 6.07 Å². The van der Waals surface area contributed by atoms with Crippen LogP contribution in [-0.4, -0.2) is 7.11 Å². The predicted molar refractivity (Wildman–Crippen MR) is 36.1 cm³/mol. The molecule has 0 fully saturated rings. The van der Waals surface area contributed by atoms with E-state index < -0.39 is 0 Å². The van der Waals surface area contributed by atoms with Gasteiger partial charge in [0.25, 0.3) is 0 Å². The Hall–Kier alpha value is 0.412. The average Bonchev–Trinajstić information content (AvgIpc) is 1.90. The summed E-state index contributed by atoms with van der Waals surface area (Å²) in [5, 5.41) is 0. The van der Waals surface area contributed by atoms with Gasteiger partial charge in [0.1, 0.15) is 5.75 Å². The molecule has 0 amide bonds. The molecule has 0 saturated carbocycles. The monoisotopic (exact) mass is 344 g/mol. The minimum atomic E-state index is 0. The predicted octanol–water partition coefficient (Wildman–Crippen LogP) is -1.01. The molecule has 1 aromatic carbocycles. The quantitative estimate of drug-likeness (QED) is 0.469. The largest absolute Gasteiger partial charge is 1.00 e. The molecule has 0 N–H and O–H groups in total. The Morgan fingerprint density at radius 2 is 2.30 bits per heavy atom. The summed E-state index contributed by atoms with van der Waals surface area (Å²) >= 11 is 0. The fourth-order valence-electron chi connectivity index (χ4n) is 0.504. The Morgan fingerprint density at radius 1 is 1.60 bits per heavy atom. The van der Waals surface area contributed by atoms with Gasteiger partial charge in [0.05, 0.1) is 7.11 Å². The standard InChI is InChI=1S/C7H7O.HI.Pd.2H2/c1-8-7-5-3-2-4-6-7;;;;/h2-3,5-6H,1H3;1H;;2*1H/p-1. The van der Waals surface area contributed by atoms with Crippen molar-refractivity contribution in [3.8, 4) is 5.75 Å².